The molecule has 4 nitrogen and oxygen atoms in total. The Hall–Kier alpha value is -1.62. The van der Waals surface area contributed by atoms with Crippen molar-refractivity contribution in [3.63, 3.8) is 0 Å². The Balaban J connectivity index is 2.51. The quantitative estimate of drug-likeness (QED) is 0.614. The number of thiocarbonyl (C=S) groups is 1. The third kappa shape index (κ3) is 4.27. The summed E-state index contributed by atoms with van der Waals surface area (Å²) in [7, 11) is 1.39. The van der Waals surface area contributed by atoms with Gasteiger partial charge in [0.15, 0.2) is 5.11 Å². The van der Waals surface area contributed by atoms with Crippen molar-refractivity contribution < 1.29 is 9.53 Å². The first-order chi connectivity index (χ1) is 7.61. The molecule has 1 aromatic rings. The van der Waals surface area contributed by atoms with Crippen molar-refractivity contribution in [2.24, 2.45) is 5.73 Å². The molecule has 5 heteroatoms. The zero-order chi connectivity index (χ0) is 12.0. The van der Waals surface area contributed by atoms with E-state index in [4.69, 9.17) is 18.0 Å². The standard InChI is InChI=1S/C11H14N2O2S/c1-15-10(14)7-4-8-2-5-9(6-3-8)13-11(12)16/h2-3,5-6H,4,7H2,1H3,(H3,12,13,16). The van der Waals surface area contributed by atoms with Crippen LogP contribution in [0.5, 0.6) is 0 Å². The Kier molecular flexibility index (Phi) is 4.72. The smallest absolute Gasteiger partial charge is 0.305 e. The maximum atomic E-state index is 10.9. The summed E-state index contributed by atoms with van der Waals surface area (Å²) in [5.41, 5.74) is 7.25. The van der Waals surface area contributed by atoms with Gasteiger partial charge in [-0.15, -0.1) is 0 Å². The molecule has 0 amide bonds. The Morgan fingerprint density at radius 3 is 2.56 bits per heavy atom. The monoisotopic (exact) mass is 238 g/mol. The molecule has 1 aromatic carbocycles. The van der Waals surface area contributed by atoms with Gasteiger partial charge in [0.2, 0.25) is 0 Å². The van der Waals surface area contributed by atoms with Crippen LogP contribution >= 0.6 is 12.2 Å². The number of rotatable bonds is 4. The minimum Gasteiger partial charge on any atom is -0.469 e. The van der Waals surface area contributed by atoms with Crippen molar-refractivity contribution in [2.45, 2.75) is 12.8 Å². The van der Waals surface area contributed by atoms with Crippen LogP contribution in [0, 0.1) is 0 Å². The van der Waals surface area contributed by atoms with Crippen LogP contribution in [0.1, 0.15) is 12.0 Å². The number of esters is 1. The predicted octanol–water partition coefficient (Wildman–Crippen LogP) is 1.45. The normalized spacial score (nSPS) is 9.56. The van der Waals surface area contributed by atoms with Gasteiger partial charge in [0.1, 0.15) is 0 Å². The first kappa shape index (κ1) is 12.4. The molecule has 0 aliphatic rings. The Labute approximate surface area is 99.8 Å². The van der Waals surface area contributed by atoms with E-state index in [1.54, 1.807) is 0 Å². The number of benzene rings is 1. The molecule has 0 aliphatic carbocycles. The van der Waals surface area contributed by atoms with Crippen LogP contribution in [-0.2, 0) is 16.0 Å². The molecule has 0 bridgehead atoms. The molecule has 0 heterocycles. The van der Waals surface area contributed by atoms with Crippen molar-refractivity contribution in [3.05, 3.63) is 29.8 Å². The van der Waals surface area contributed by atoms with Crippen molar-refractivity contribution in [3.8, 4) is 0 Å². The molecule has 0 radical (unpaired) electrons. The number of aryl methyl sites for hydroxylation is 1. The number of carbonyl (C=O) groups excluding carboxylic acids is 1. The highest BCUT2D eigenvalue weighted by Crippen LogP contribution is 2.11. The molecule has 0 aliphatic heterocycles. The largest absolute Gasteiger partial charge is 0.469 e. The molecule has 0 aromatic heterocycles. The molecule has 0 fully saturated rings. The molecule has 86 valence electrons. The number of anilines is 1. The lowest BCUT2D eigenvalue weighted by Gasteiger charge is -2.05. The van der Waals surface area contributed by atoms with Crippen LogP contribution in [0.2, 0.25) is 0 Å². The number of carbonyl (C=O) groups is 1. The minimum atomic E-state index is -0.203. The zero-order valence-electron chi connectivity index (χ0n) is 9.03. The highest BCUT2D eigenvalue weighted by atomic mass is 32.1. The van der Waals surface area contributed by atoms with Gasteiger partial charge in [-0.25, -0.2) is 0 Å². The fourth-order valence-electron chi connectivity index (χ4n) is 1.25. The second-order valence-electron chi connectivity index (χ2n) is 3.26. The van der Waals surface area contributed by atoms with E-state index < -0.39 is 0 Å². The molecular weight excluding hydrogens is 224 g/mol. The highest BCUT2D eigenvalue weighted by Gasteiger charge is 2.01. The Morgan fingerprint density at radius 1 is 1.44 bits per heavy atom. The summed E-state index contributed by atoms with van der Waals surface area (Å²) in [5, 5.41) is 3.06. The first-order valence-electron chi connectivity index (χ1n) is 4.84. The van der Waals surface area contributed by atoms with Gasteiger partial charge in [0, 0.05) is 12.1 Å². The molecule has 1 rings (SSSR count). The summed E-state index contributed by atoms with van der Waals surface area (Å²) in [5.74, 6) is -0.203. The number of hydrogen-bond donors (Lipinski definition) is 2. The van der Waals surface area contributed by atoms with Gasteiger partial charge in [-0.05, 0) is 36.3 Å². The molecule has 0 saturated heterocycles. The van der Waals surface area contributed by atoms with Crippen LogP contribution in [0.15, 0.2) is 24.3 Å². The van der Waals surface area contributed by atoms with E-state index in [2.05, 4.69) is 10.1 Å². The van der Waals surface area contributed by atoms with Crippen LogP contribution in [0.3, 0.4) is 0 Å². The fraction of sp³-hybridized carbons (Fsp3) is 0.273. The SMILES string of the molecule is COC(=O)CCc1ccc(NC(N)=S)cc1. The molecular formula is C11H14N2O2S. The summed E-state index contributed by atoms with van der Waals surface area (Å²) in [6.45, 7) is 0. The van der Waals surface area contributed by atoms with E-state index in [0.29, 0.717) is 12.8 Å². The third-order valence-electron chi connectivity index (χ3n) is 2.07. The number of nitrogens with one attached hydrogen (secondary N) is 1. The van der Waals surface area contributed by atoms with Crippen molar-refractivity contribution >= 4 is 29.0 Å². The number of ether oxygens (including phenoxy) is 1. The number of nitrogens with two attached hydrogens (primary N) is 1. The zero-order valence-corrected chi connectivity index (χ0v) is 9.84. The van der Waals surface area contributed by atoms with Crippen LogP contribution in [0.4, 0.5) is 5.69 Å². The minimum absolute atomic E-state index is 0.203. The van der Waals surface area contributed by atoms with Crippen molar-refractivity contribution in [1.29, 1.82) is 0 Å². The molecule has 0 unspecified atom stereocenters. The molecule has 3 N–H and O–H groups in total. The van der Waals surface area contributed by atoms with Gasteiger partial charge >= 0.3 is 5.97 Å². The predicted molar refractivity (Wildman–Crippen MR) is 67.2 cm³/mol. The van der Waals surface area contributed by atoms with E-state index in [0.717, 1.165) is 11.3 Å². The van der Waals surface area contributed by atoms with E-state index in [9.17, 15) is 4.79 Å². The van der Waals surface area contributed by atoms with Gasteiger partial charge in [-0.2, -0.15) is 0 Å². The highest BCUT2D eigenvalue weighted by molar-refractivity contribution is 7.80. The summed E-state index contributed by atoms with van der Waals surface area (Å²) >= 11 is 4.72. The van der Waals surface area contributed by atoms with E-state index in [-0.39, 0.29) is 11.1 Å². The second-order valence-corrected chi connectivity index (χ2v) is 3.70. The van der Waals surface area contributed by atoms with E-state index in [1.165, 1.54) is 7.11 Å². The first-order valence-corrected chi connectivity index (χ1v) is 5.25. The van der Waals surface area contributed by atoms with Crippen molar-refractivity contribution in [1.82, 2.24) is 0 Å². The molecule has 0 atom stereocenters. The van der Waals surface area contributed by atoms with Gasteiger partial charge in [0.25, 0.3) is 0 Å². The van der Waals surface area contributed by atoms with Crippen molar-refractivity contribution in [2.75, 3.05) is 12.4 Å². The molecule has 0 spiro atoms. The van der Waals surface area contributed by atoms with Gasteiger partial charge < -0.3 is 15.8 Å². The van der Waals surface area contributed by atoms with Crippen LogP contribution in [-0.4, -0.2) is 18.2 Å². The fourth-order valence-corrected chi connectivity index (χ4v) is 1.36. The van der Waals surface area contributed by atoms with Gasteiger partial charge in [0.05, 0.1) is 7.11 Å². The Morgan fingerprint density at radius 2 is 2.06 bits per heavy atom. The summed E-state index contributed by atoms with van der Waals surface area (Å²) in [6.07, 6.45) is 1.05. The summed E-state index contributed by atoms with van der Waals surface area (Å²) in [4.78, 5) is 10.9. The lowest BCUT2D eigenvalue weighted by atomic mass is 10.1. The topological polar surface area (TPSA) is 64.3 Å². The third-order valence-corrected chi connectivity index (χ3v) is 2.17. The summed E-state index contributed by atoms with van der Waals surface area (Å²) in [6, 6.07) is 7.57. The van der Waals surface area contributed by atoms with Gasteiger partial charge in [-0.1, -0.05) is 12.1 Å². The summed E-state index contributed by atoms with van der Waals surface area (Å²) < 4.78 is 4.56. The van der Waals surface area contributed by atoms with Crippen LogP contribution in [0.25, 0.3) is 0 Å². The maximum absolute atomic E-state index is 10.9. The Bertz CT molecular complexity index is 376. The van der Waals surface area contributed by atoms with Crippen LogP contribution < -0.4 is 11.1 Å². The molecule has 0 saturated carbocycles. The number of methoxy groups -OCH3 is 1. The average molecular weight is 238 g/mol. The van der Waals surface area contributed by atoms with Gasteiger partial charge in [-0.3, -0.25) is 4.79 Å². The maximum Gasteiger partial charge on any atom is 0.305 e. The second kappa shape index (κ2) is 6.07. The number of hydrogen-bond acceptors (Lipinski definition) is 3. The van der Waals surface area contributed by atoms with E-state index in [1.807, 2.05) is 24.3 Å². The molecule has 16 heavy (non-hydrogen) atoms. The average Bonchev–Trinajstić information content (AvgIpc) is 2.27. The lowest BCUT2D eigenvalue weighted by molar-refractivity contribution is -0.140. The lowest BCUT2D eigenvalue weighted by Crippen LogP contribution is -2.18. The van der Waals surface area contributed by atoms with E-state index >= 15 is 0 Å².